The van der Waals surface area contributed by atoms with Gasteiger partial charge in [-0.3, -0.25) is 13.9 Å². The highest BCUT2D eigenvalue weighted by molar-refractivity contribution is 5.99. The van der Waals surface area contributed by atoms with Crippen LogP contribution in [0.4, 0.5) is 5.69 Å². The van der Waals surface area contributed by atoms with Crippen molar-refractivity contribution >= 4 is 16.6 Å². The molecule has 180 valence electrons. The third-order valence-electron chi connectivity index (χ3n) is 7.06. The van der Waals surface area contributed by atoms with E-state index in [1.54, 1.807) is 13.1 Å². The lowest BCUT2D eigenvalue weighted by molar-refractivity contribution is 0.403. The van der Waals surface area contributed by atoms with Crippen molar-refractivity contribution in [1.29, 1.82) is 0 Å². The maximum Gasteiger partial charge on any atom is 0.331 e. The van der Waals surface area contributed by atoms with Gasteiger partial charge >= 0.3 is 5.69 Å². The average molecular weight is 481 g/mol. The number of nitrogens with zero attached hydrogens (tertiary/aromatic N) is 3. The number of aryl methyl sites for hydroxylation is 2. The number of nitrogens with one attached hydrogen (secondary N) is 1. The van der Waals surface area contributed by atoms with Crippen molar-refractivity contribution in [1.82, 2.24) is 13.7 Å². The molecule has 0 saturated heterocycles. The van der Waals surface area contributed by atoms with E-state index in [0.29, 0.717) is 27.9 Å². The number of fused-ring (bicyclic) bond motifs is 5. The highest BCUT2D eigenvalue weighted by Gasteiger charge is 2.35. The summed E-state index contributed by atoms with van der Waals surface area (Å²) >= 11 is 0. The van der Waals surface area contributed by atoms with Crippen molar-refractivity contribution in [2.24, 2.45) is 14.1 Å². The zero-order chi connectivity index (χ0) is 25.3. The number of phenolic OH excluding ortho intramolecular Hbond substituents is 2. The maximum atomic E-state index is 13.7. The Balaban J connectivity index is 1.87. The number of benzene rings is 3. The smallest absolute Gasteiger partial charge is 0.331 e. The quantitative estimate of drug-likeness (QED) is 0.333. The summed E-state index contributed by atoms with van der Waals surface area (Å²) in [5.41, 5.74) is 5.34. The molecule has 3 N–H and O–H groups in total. The van der Waals surface area contributed by atoms with Crippen molar-refractivity contribution in [3.8, 4) is 28.4 Å². The van der Waals surface area contributed by atoms with Crippen LogP contribution >= 0.6 is 0 Å². The molecule has 1 aliphatic heterocycles. The minimum Gasteiger partial charge on any atom is -0.504 e. The molecule has 0 spiro atoms. The Morgan fingerprint density at radius 3 is 2.33 bits per heavy atom. The molecule has 1 aliphatic rings. The van der Waals surface area contributed by atoms with E-state index in [-0.39, 0.29) is 17.1 Å². The van der Waals surface area contributed by atoms with Crippen LogP contribution in [0.3, 0.4) is 0 Å². The minimum absolute atomic E-state index is 0.225. The molecule has 2 aromatic heterocycles. The standard InChI is InChI=1S/C28H24N4O4/c1-15-8-4-5-9-17(15)24-22-25(30(2)28(36)31(3)27(22)35)26-23(16-12-13-20(33)21(34)14-16)29-18-10-6-7-11-19(18)32(24)26/h4-14,23,29,33-34H,1-3H3/t23-/m0/s1. The summed E-state index contributed by atoms with van der Waals surface area (Å²) in [6.45, 7) is 2.00. The summed E-state index contributed by atoms with van der Waals surface area (Å²) in [5.74, 6) is -0.475. The Bertz CT molecular complexity index is 1830. The Morgan fingerprint density at radius 1 is 0.861 bits per heavy atom. The molecule has 0 unspecified atom stereocenters. The molecule has 3 heterocycles. The molecule has 8 heteroatoms. The second-order valence-electron chi connectivity index (χ2n) is 9.16. The molecule has 0 saturated carbocycles. The number of hydrogen-bond donors (Lipinski definition) is 3. The second-order valence-corrected chi connectivity index (χ2v) is 9.16. The number of aromatic hydroxyl groups is 2. The Labute approximate surface area is 205 Å². The highest BCUT2D eigenvalue weighted by Crippen LogP contribution is 2.46. The highest BCUT2D eigenvalue weighted by atomic mass is 16.3. The Hall–Kier alpha value is -4.72. The van der Waals surface area contributed by atoms with Gasteiger partial charge in [-0.2, -0.15) is 0 Å². The maximum absolute atomic E-state index is 13.7. The summed E-state index contributed by atoms with van der Waals surface area (Å²) in [4.78, 5) is 26.8. The van der Waals surface area contributed by atoms with Gasteiger partial charge in [0.05, 0.1) is 39.7 Å². The third-order valence-corrected chi connectivity index (χ3v) is 7.06. The van der Waals surface area contributed by atoms with E-state index in [0.717, 1.165) is 27.1 Å². The Morgan fingerprint density at radius 2 is 1.58 bits per heavy atom. The normalized spacial score (nSPS) is 14.4. The lowest BCUT2D eigenvalue weighted by Crippen LogP contribution is -2.37. The van der Waals surface area contributed by atoms with Gasteiger partial charge in [0.1, 0.15) is 0 Å². The molecule has 3 aromatic carbocycles. The van der Waals surface area contributed by atoms with Crippen molar-refractivity contribution < 1.29 is 10.2 Å². The largest absolute Gasteiger partial charge is 0.504 e. The number of hydrogen-bond acceptors (Lipinski definition) is 5. The van der Waals surface area contributed by atoms with E-state index in [2.05, 4.69) is 5.32 Å². The molecule has 0 fully saturated rings. The van der Waals surface area contributed by atoms with Crippen LogP contribution in [-0.4, -0.2) is 23.9 Å². The molecule has 1 atom stereocenters. The van der Waals surface area contributed by atoms with Gasteiger partial charge in [-0.05, 0) is 42.3 Å². The number of anilines is 1. The molecule has 0 bridgehead atoms. The first-order valence-corrected chi connectivity index (χ1v) is 11.6. The summed E-state index contributed by atoms with van der Waals surface area (Å²) in [7, 11) is 3.16. The first-order valence-electron chi connectivity index (χ1n) is 11.6. The van der Waals surface area contributed by atoms with Gasteiger partial charge < -0.3 is 20.1 Å². The predicted octanol–water partition coefficient (Wildman–Crippen LogP) is 3.93. The topological polar surface area (TPSA) is 101 Å². The van der Waals surface area contributed by atoms with E-state index in [1.165, 1.54) is 23.7 Å². The molecule has 36 heavy (non-hydrogen) atoms. The number of para-hydroxylation sites is 2. The molecule has 8 nitrogen and oxygen atoms in total. The number of aromatic nitrogens is 3. The van der Waals surface area contributed by atoms with Crippen molar-refractivity contribution in [2.45, 2.75) is 13.0 Å². The van der Waals surface area contributed by atoms with Crippen LogP contribution in [0.2, 0.25) is 0 Å². The number of rotatable bonds is 2. The molecule has 6 rings (SSSR count). The molecular formula is C28H24N4O4. The summed E-state index contributed by atoms with van der Waals surface area (Å²) in [6.07, 6.45) is 0. The van der Waals surface area contributed by atoms with Gasteiger partial charge in [0.25, 0.3) is 5.56 Å². The lowest BCUT2D eigenvalue weighted by atomic mass is 9.99. The SMILES string of the molecule is Cc1ccccc1-c1c2c(=O)n(C)c(=O)n(C)c2c2n1-c1ccccc1N[C@H]2c1ccc(O)c(O)c1. The van der Waals surface area contributed by atoms with Gasteiger partial charge in [-0.15, -0.1) is 0 Å². The van der Waals surface area contributed by atoms with Crippen LogP contribution in [0.15, 0.2) is 76.3 Å². The fourth-order valence-corrected chi connectivity index (χ4v) is 5.28. The molecular weight excluding hydrogens is 456 g/mol. The molecule has 0 aliphatic carbocycles. The van der Waals surface area contributed by atoms with Crippen LogP contribution in [0.1, 0.15) is 22.9 Å². The summed E-state index contributed by atoms with van der Waals surface area (Å²) in [5, 5.41) is 24.2. The molecule has 0 radical (unpaired) electrons. The van der Waals surface area contributed by atoms with Crippen LogP contribution in [0.5, 0.6) is 11.5 Å². The van der Waals surface area contributed by atoms with Crippen LogP contribution in [-0.2, 0) is 14.1 Å². The zero-order valence-electron chi connectivity index (χ0n) is 20.0. The van der Waals surface area contributed by atoms with E-state index < -0.39 is 11.7 Å². The fraction of sp³-hybridized carbons (Fsp3) is 0.143. The molecule has 5 aromatic rings. The van der Waals surface area contributed by atoms with E-state index in [1.807, 2.05) is 60.0 Å². The van der Waals surface area contributed by atoms with E-state index >= 15 is 0 Å². The van der Waals surface area contributed by atoms with Gasteiger partial charge in [-0.25, -0.2) is 4.79 Å². The first-order chi connectivity index (χ1) is 17.3. The van der Waals surface area contributed by atoms with E-state index in [4.69, 9.17) is 0 Å². The fourth-order valence-electron chi connectivity index (χ4n) is 5.28. The van der Waals surface area contributed by atoms with Gasteiger partial charge in [0, 0.05) is 19.7 Å². The Kier molecular flexibility index (Phi) is 4.63. The van der Waals surface area contributed by atoms with Gasteiger partial charge in [0.15, 0.2) is 11.5 Å². The monoisotopic (exact) mass is 480 g/mol. The van der Waals surface area contributed by atoms with Crippen molar-refractivity contribution in [3.63, 3.8) is 0 Å². The zero-order valence-corrected chi connectivity index (χ0v) is 20.0. The van der Waals surface area contributed by atoms with E-state index in [9.17, 15) is 19.8 Å². The van der Waals surface area contributed by atoms with Gasteiger partial charge in [0.2, 0.25) is 0 Å². The van der Waals surface area contributed by atoms with Crippen molar-refractivity contribution in [2.75, 3.05) is 5.32 Å². The molecule has 0 amide bonds. The predicted molar refractivity (Wildman–Crippen MR) is 139 cm³/mol. The van der Waals surface area contributed by atoms with Gasteiger partial charge in [-0.1, -0.05) is 42.5 Å². The minimum atomic E-state index is -0.524. The van der Waals surface area contributed by atoms with Crippen LogP contribution < -0.4 is 16.6 Å². The summed E-state index contributed by atoms with van der Waals surface area (Å²) in [6, 6.07) is 19.8. The first kappa shape index (κ1) is 21.8. The lowest BCUT2D eigenvalue weighted by Gasteiger charge is -2.31. The number of phenols is 2. The van der Waals surface area contributed by atoms with Crippen LogP contribution in [0.25, 0.3) is 27.8 Å². The summed E-state index contributed by atoms with van der Waals surface area (Å²) < 4.78 is 4.69. The second kappa shape index (κ2) is 7.64. The third kappa shape index (κ3) is 2.87. The van der Waals surface area contributed by atoms with Crippen LogP contribution in [0, 0.1) is 6.92 Å². The average Bonchev–Trinajstić information content (AvgIpc) is 3.24. The van der Waals surface area contributed by atoms with Crippen molar-refractivity contribution in [3.05, 3.63) is 104 Å².